The Balaban J connectivity index is 1.99. The molecule has 2 aromatic heterocycles. The molecule has 0 saturated heterocycles. The van der Waals surface area contributed by atoms with Crippen molar-refractivity contribution in [2.24, 2.45) is 0 Å². The third-order valence-corrected chi connectivity index (χ3v) is 11.9. The Bertz CT molecular complexity index is 997. The van der Waals surface area contributed by atoms with Crippen LogP contribution in [0.3, 0.4) is 0 Å². The van der Waals surface area contributed by atoms with E-state index in [2.05, 4.69) is 78.1 Å². The Labute approximate surface area is 145 Å². The molecule has 0 bridgehead atoms. The Morgan fingerprint density at radius 2 is 1.65 bits per heavy atom. The minimum atomic E-state index is -1.84. The molecule has 23 heavy (non-hydrogen) atoms. The molecular weight excluding hydrogens is 406 g/mol. The number of hydrogen-bond acceptors (Lipinski definition) is 1. The van der Waals surface area contributed by atoms with Gasteiger partial charge < -0.3 is 0 Å². The standard InChI is InChI=1S/C20H19GeNSe/c1-21(2,3)17-11-7-10-15-16-13-22-18(12-19(16)23-20(15)17)14-8-5-4-6-9-14/h4-13H,1-3H3. The van der Waals surface area contributed by atoms with Gasteiger partial charge in [-0.05, 0) is 0 Å². The first-order chi connectivity index (χ1) is 11.0. The molecule has 0 atom stereocenters. The average molecular weight is 425 g/mol. The van der Waals surface area contributed by atoms with Gasteiger partial charge in [0.1, 0.15) is 0 Å². The van der Waals surface area contributed by atoms with Crippen molar-refractivity contribution in [2.45, 2.75) is 17.3 Å². The van der Waals surface area contributed by atoms with Gasteiger partial charge in [0.25, 0.3) is 0 Å². The topological polar surface area (TPSA) is 12.9 Å². The van der Waals surface area contributed by atoms with Crippen molar-refractivity contribution in [1.82, 2.24) is 4.98 Å². The fourth-order valence-electron chi connectivity index (χ4n) is 3.05. The molecule has 0 aliphatic rings. The van der Waals surface area contributed by atoms with E-state index in [1.807, 2.05) is 0 Å². The van der Waals surface area contributed by atoms with Crippen LogP contribution in [0.4, 0.5) is 0 Å². The molecule has 0 aliphatic heterocycles. The number of pyridine rings is 1. The van der Waals surface area contributed by atoms with Gasteiger partial charge >= 0.3 is 146 Å². The van der Waals surface area contributed by atoms with E-state index in [0.29, 0.717) is 14.5 Å². The van der Waals surface area contributed by atoms with E-state index in [4.69, 9.17) is 4.98 Å². The van der Waals surface area contributed by atoms with Gasteiger partial charge in [-0.2, -0.15) is 0 Å². The predicted molar refractivity (Wildman–Crippen MR) is 105 cm³/mol. The molecule has 2 aromatic carbocycles. The van der Waals surface area contributed by atoms with E-state index in [0.717, 1.165) is 5.69 Å². The molecular formula is C20H19GeNSe. The normalized spacial score (nSPS) is 12.1. The van der Waals surface area contributed by atoms with Gasteiger partial charge in [0.15, 0.2) is 0 Å². The molecule has 4 rings (SSSR count). The van der Waals surface area contributed by atoms with Gasteiger partial charge in [-0.3, -0.25) is 0 Å². The number of rotatable bonds is 2. The van der Waals surface area contributed by atoms with Gasteiger partial charge in [-0.1, -0.05) is 0 Å². The van der Waals surface area contributed by atoms with Crippen LogP contribution in [0.2, 0.25) is 17.3 Å². The van der Waals surface area contributed by atoms with Gasteiger partial charge in [0.05, 0.1) is 0 Å². The molecule has 2 heterocycles. The van der Waals surface area contributed by atoms with Crippen LogP contribution in [0.25, 0.3) is 30.6 Å². The monoisotopic (exact) mass is 427 g/mol. The Kier molecular flexibility index (Phi) is 3.72. The molecule has 3 heteroatoms. The van der Waals surface area contributed by atoms with Gasteiger partial charge in [0, 0.05) is 0 Å². The summed E-state index contributed by atoms with van der Waals surface area (Å²) in [6.07, 6.45) is 2.09. The van der Waals surface area contributed by atoms with Crippen LogP contribution in [-0.4, -0.2) is 32.8 Å². The van der Waals surface area contributed by atoms with Crippen molar-refractivity contribution in [3.63, 3.8) is 0 Å². The third-order valence-electron chi connectivity index (χ3n) is 4.26. The quantitative estimate of drug-likeness (QED) is 0.426. The minimum absolute atomic E-state index is 0.409. The number of fused-ring (bicyclic) bond motifs is 3. The molecule has 1 nitrogen and oxygen atoms in total. The first-order valence-corrected chi connectivity index (χ1v) is 17.0. The second-order valence-corrected chi connectivity index (χ2v) is 19.7. The van der Waals surface area contributed by atoms with Crippen LogP contribution in [0.1, 0.15) is 0 Å². The zero-order valence-corrected chi connectivity index (χ0v) is 17.4. The van der Waals surface area contributed by atoms with Crippen LogP contribution in [0.15, 0.2) is 60.8 Å². The summed E-state index contributed by atoms with van der Waals surface area (Å²) in [7, 11) is 0. The number of aromatic nitrogens is 1. The molecule has 0 N–H and O–H groups in total. The van der Waals surface area contributed by atoms with Crippen molar-refractivity contribution >= 4 is 51.5 Å². The van der Waals surface area contributed by atoms with Crippen LogP contribution in [0.5, 0.6) is 0 Å². The average Bonchev–Trinajstić information content (AvgIpc) is 2.92. The fourth-order valence-corrected chi connectivity index (χ4v) is 12.3. The summed E-state index contributed by atoms with van der Waals surface area (Å²) in [4.78, 5) is 4.74. The first-order valence-electron chi connectivity index (χ1n) is 7.91. The van der Waals surface area contributed by atoms with Crippen molar-refractivity contribution in [2.75, 3.05) is 0 Å². The number of hydrogen-bond donors (Lipinski definition) is 0. The molecule has 4 aromatic rings. The summed E-state index contributed by atoms with van der Waals surface area (Å²) in [5.41, 5.74) is 2.30. The maximum absolute atomic E-state index is 4.74. The second kappa shape index (κ2) is 5.63. The molecule has 0 spiro atoms. The zero-order chi connectivity index (χ0) is 16.0. The van der Waals surface area contributed by atoms with Crippen molar-refractivity contribution < 1.29 is 0 Å². The van der Waals surface area contributed by atoms with Crippen molar-refractivity contribution in [3.8, 4) is 11.3 Å². The third kappa shape index (κ3) is 2.69. The van der Waals surface area contributed by atoms with Gasteiger partial charge in [-0.25, -0.2) is 0 Å². The van der Waals surface area contributed by atoms with E-state index in [-0.39, 0.29) is 0 Å². The Morgan fingerprint density at radius 3 is 2.39 bits per heavy atom. The van der Waals surface area contributed by atoms with Crippen LogP contribution in [-0.2, 0) is 0 Å². The fraction of sp³-hybridized carbons (Fsp3) is 0.150. The Morgan fingerprint density at radius 1 is 0.870 bits per heavy atom. The van der Waals surface area contributed by atoms with E-state index in [1.54, 1.807) is 8.66 Å². The van der Waals surface area contributed by atoms with Crippen molar-refractivity contribution in [1.29, 1.82) is 0 Å². The van der Waals surface area contributed by atoms with Gasteiger partial charge in [-0.15, -0.1) is 0 Å². The number of nitrogens with zero attached hydrogens (tertiary/aromatic N) is 1. The summed E-state index contributed by atoms with van der Waals surface area (Å²) in [5, 5.41) is 2.79. The molecule has 0 unspecified atom stereocenters. The van der Waals surface area contributed by atoms with Crippen LogP contribution < -0.4 is 4.40 Å². The Hall–Kier alpha value is -1.35. The molecule has 0 radical (unpaired) electrons. The zero-order valence-electron chi connectivity index (χ0n) is 13.6. The summed E-state index contributed by atoms with van der Waals surface area (Å²) < 4.78 is 4.77. The molecule has 0 saturated carbocycles. The maximum atomic E-state index is 4.74. The van der Waals surface area contributed by atoms with Crippen LogP contribution in [0, 0.1) is 0 Å². The first kappa shape index (κ1) is 15.2. The summed E-state index contributed by atoms with van der Waals surface area (Å²) in [6.45, 7) is 0. The van der Waals surface area contributed by atoms with E-state index >= 15 is 0 Å². The van der Waals surface area contributed by atoms with E-state index in [1.165, 1.54) is 20.6 Å². The molecule has 0 aliphatic carbocycles. The summed E-state index contributed by atoms with van der Waals surface area (Å²) >= 11 is -1.43. The molecule has 114 valence electrons. The number of benzene rings is 2. The summed E-state index contributed by atoms with van der Waals surface area (Å²) in [6, 6.07) is 19.7. The van der Waals surface area contributed by atoms with Crippen LogP contribution >= 0.6 is 0 Å². The van der Waals surface area contributed by atoms with E-state index < -0.39 is 13.3 Å². The van der Waals surface area contributed by atoms with E-state index in [9.17, 15) is 0 Å². The second-order valence-electron chi connectivity index (χ2n) is 6.97. The van der Waals surface area contributed by atoms with Crippen molar-refractivity contribution in [3.05, 3.63) is 60.8 Å². The van der Waals surface area contributed by atoms with Gasteiger partial charge in [0.2, 0.25) is 0 Å². The molecule has 0 amide bonds. The summed E-state index contributed by atoms with van der Waals surface area (Å²) in [5.74, 6) is 7.47. The molecule has 0 fully saturated rings. The SMILES string of the molecule is [CH3][Ge]([CH3])([CH3])[c]1cccc2c1[se]c1cc(-c3ccccc3)ncc12. The predicted octanol–water partition coefficient (Wildman–Crippen LogP) is 4.66.